The summed E-state index contributed by atoms with van der Waals surface area (Å²) >= 11 is 0. The number of rotatable bonds is 6. The Balaban J connectivity index is 1.75. The molecule has 7 heteroatoms. The zero-order valence-corrected chi connectivity index (χ0v) is 18.9. The molecule has 3 aromatic rings. The molecule has 0 saturated carbocycles. The summed E-state index contributed by atoms with van der Waals surface area (Å²) in [4.78, 5) is 37.2. The summed E-state index contributed by atoms with van der Waals surface area (Å²) in [6.45, 7) is 8.95. The van der Waals surface area contributed by atoms with Gasteiger partial charge in [-0.2, -0.15) is 0 Å². The molecule has 1 N–H and O–H groups in total. The van der Waals surface area contributed by atoms with Crippen molar-refractivity contribution in [2.45, 2.75) is 47.3 Å². The third-order valence-electron chi connectivity index (χ3n) is 5.44. The molecule has 32 heavy (non-hydrogen) atoms. The van der Waals surface area contributed by atoms with Crippen LogP contribution in [0.3, 0.4) is 0 Å². The largest absolute Gasteiger partial charge is 0.445 e. The van der Waals surface area contributed by atoms with Gasteiger partial charge in [-0.25, -0.2) is 14.4 Å². The van der Waals surface area contributed by atoms with Gasteiger partial charge in [0, 0.05) is 16.5 Å². The molecular formula is C25H27NO6. The number of hydrogen-bond donors (Lipinski definition) is 1. The fourth-order valence-corrected chi connectivity index (χ4v) is 3.30. The number of carbonyl (C=O) groups excluding carboxylic acids is 2. The normalized spacial score (nSPS) is 11.9. The van der Waals surface area contributed by atoms with Crippen LogP contribution >= 0.6 is 0 Å². The molecule has 2 aromatic carbocycles. The zero-order chi connectivity index (χ0) is 23.4. The SMILES string of the molecule is Cc1c(C)c2ccc(OC(=O)[C@H](NC(=O)OCc3ccccc3)C(C)C)c(C)c2oc1=O. The van der Waals surface area contributed by atoms with E-state index in [0.717, 1.165) is 16.5 Å². The Labute approximate surface area is 186 Å². The van der Waals surface area contributed by atoms with Gasteiger partial charge in [-0.15, -0.1) is 0 Å². The lowest BCUT2D eigenvalue weighted by Gasteiger charge is -2.21. The lowest BCUT2D eigenvalue weighted by atomic mass is 10.0. The number of esters is 1. The first-order valence-corrected chi connectivity index (χ1v) is 10.4. The van der Waals surface area contributed by atoms with E-state index in [0.29, 0.717) is 16.7 Å². The number of alkyl carbamates (subject to hydrolysis) is 1. The summed E-state index contributed by atoms with van der Waals surface area (Å²) in [6.07, 6.45) is -0.711. The Morgan fingerprint density at radius 3 is 2.31 bits per heavy atom. The number of ether oxygens (including phenoxy) is 2. The lowest BCUT2D eigenvalue weighted by molar-refractivity contribution is -0.137. The molecule has 0 saturated heterocycles. The standard InChI is InChI=1S/C25H27NO6/c1-14(2)21(26-25(29)30-13-18-9-7-6-8-10-18)24(28)31-20-12-11-19-15(3)16(4)23(27)32-22(19)17(20)5/h6-12,14,21H,13H2,1-5H3,(H,26,29)/t21-/m1/s1. The molecule has 1 aromatic heterocycles. The highest BCUT2D eigenvalue weighted by atomic mass is 16.6. The van der Waals surface area contributed by atoms with Crippen molar-refractivity contribution in [2.24, 2.45) is 5.92 Å². The molecule has 0 radical (unpaired) electrons. The molecule has 0 aliphatic rings. The maximum absolute atomic E-state index is 12.9. The van der Waals surface area contributed by atoms with E-state index in [1.165, 1.54) is 0 Å². The second-order valence-corrected chi connectivity index (χ2v) is 8.05. The van der Waals surface area contributed by atoms with Crippen molar-refractivity contribution in [3.8, 4) is 5.75 Å². The van der Waals surface area contributed by atoms with Gasteiger partial charge in [0.25, 0.3) is 0 Å². The van der Waals surface area contributed by atoms with Gasteiger partial charge in [0.05, 0.1) is 0 Å². The van der Waals surface area contributed by atoms with E-state index in [4.69, 9.17) is 13.9 Å². The summed E-state index contributed by atoms with van der Waals surface area (Å²) < 4.78 is 16.2. The van der Waals surface area contributed by atoms with E-state index < -0.39 is 23.7 Å². The van der Waals surface area contributed by atoms with Gasteiger partial charge in [-0.05, 0) is 49.9 Å². The van der Waals surface area contributed by atoms with Gasteiger partial charge in [0.2, 0.25) is 0 Å². The van der Waals surface area contributed by atoms with Gasteiger partial charge < -0.3 is 19.2 Å². The van der Waals surface area contributed by atoms with Gasteiger partial charge in [-0.1, -0.05) is 44.2 Å². The van der Waals surface area contributed by atoms with Crippen LogP contribution in [0.1, 0.15) is 36.1 Å². The first kappa shape index (κ1) is 23.1. The van der Waals surface area contributed by atoms with Crippen LogP contribution < -0.4 is 15.7 Å². The van der Waals surface area contributed by atoms with Crippen LogP contribution in [-0.2, 0) is 16.1 Å². The van der Waals surface area contributed by atoms with Crippen molar-refractivity contribution in [2.75, 3.05) is 0 Å². The van der Waals surface area contributed by atoms with Crippen molar-refractivity contribution in [3.05, 3.63) is 75.1 Å². The van der Waals surface area contributed by atoms with Gasteiger partial charge in [0.15, 0.2) is 0 Å². The number of aryl methyl sites for hydroxylation is 2. The number of hydrogen-bond acceptors (Lipinski definition) is 6. The molecule has 1 amide bonds. The summed E-state index contributed by atoms with van der Waals surface area (Å²) in [5.41, 5.74) is 2.68. The van der Waals surface area contributed by atoms with Crippen molar-refractivity contribution in [1.82, 2.24) is 5.32 Å². The van der Waals surface area contributed by atoms with Crippen molar-refractivity contribution < 1.29 is 23.5 Å². The topological polar surface area (TPSA) is 94.8 Å². The van der Waals surface area contributed by atoms with E-state index >= 15 is 0 Å². The van der Waals surface area contributed by atoms with Crippen LogP contribution in [0.15, 0.2) is 51.7 Å². The molecule has 0 spiro atoms. The van der Waals surface area contributed by atoms with Crippen LogP contribution in [0, 0.1) is 26.7 Å². The van der Waals surface area contributed by atoms with Crippen LogP contribution in [0.25, 0.3) is 11.0 Å². The minimum atomic E-state index is -0.917. The Morgan fingerprint density at radius 1 is 0.969 bits per heavy atom. The number of amides is 1. The number of nitrogens with one attached hydrogen (secondary N) is 1. The number of fused-ring (bicyclic) bond motifs is 1. The van der Waals surface area contributed by atoms with Crippen LogP contribution in [0.5, 0.6) is 5.75 Å². The number of carbonyl (C=O) groups is 2. The fraction of sp³-hybridized carbons (Fsp3) is 0.320. The molecule has 168 valence electrons. The van der Waals surface area contributed by atoms with E-state index in [1.807, 2.05) is 37.3 Å². The quantitative estimate of drug-likeness (QED) is 0.345. The smallest absolute Gasteiger partial charge is 0.408 e. The summed E-state index contributed by atoms with van der Waals surface area (Å²) in [5.74, 6) is -0.611. The van der Waals surface area contributed by atoms with Gasteiger partial charge in [0.1, 0.15) is 24.0 Å². The van der Waals surface area contributed by atoms with Crippen molar-refractivity contribution >= 4 is 23.0 Å². The van der Waals surface area contributed by atoms with Crippen LogP contribution in [0.4, 0.5) is 4.79 Å². The van der Waals surface area contributed by atoms with E-state index in [2.05, 4.69) is 5.32 Å². The van der Waals surface area contributed by atoms with E-state index in [-0.39, 0.29) is 18.3 Å². The maximum Gasteiger partial charge on any atom is 0.408 e. The summed E-state index contributed by atoms with van der Waals surface area (Å²) in [6, 6.07) is 11.7. The highest BCUT2D eigenvalue weighted by Crippen LogP contribution is 2.29. The van der Waals surface area contributed by atoms with E-state index in [9.17, 15) is 14.4 Å². The zero-order valence-electron chi connectivity index (χ0n) is 18.9. The molecule has 0 aliphatic carbocycles. The molecule has 0 fully saturated rings. The molecule has 0 bridgehead atoms. The third kappa shape index (κ3) is 4.99. The highest BCUT2D eigenvalue weighted by molar-refractivity contribution is 5.88. The molecule has 0 aliphatic heterocycles. The second-order valence-electron chi connectivity index (χ2n) is 8.05. The number of benzene rings is 2. The van der Waals surface area contributed by atoms with Crippen molar-refractivity contribution in [3.63, 3.8) is 0 Å². The molecule has 7 nitrogen and oxygen atoms in total. The summed E-state index contributed by atoms with van der Waals surface area (Å²) in [5, 5.41) is 3.36. The Hall–Kier alpha value is -3.61. The lowest BCUT2D eigenvalue weighted by Crippen LogP contribution is -2.46. The third-order valence-corrected chi connectivity index (χ3v) is 5.44. The average molecular weight is 437 g/mol. The molecule has 0 unspecified atom stereocenters. The molecule has 3 rings (SSSR count). The minimum absolute atomic E-state index is 0.0914. The highest BCUT2D eigenvalue weighted by Gasteiger charge is 2.28. The molecule has 1 atom stereocenters. The minimum Gasteiger partial charge on any atom is -0.445 e. The monoisotopic (exact) mass is 437 g/mol. The fourth-order valence-electron chi connectivity index (χ4n) is 3.30. The summed E-state index contributed by atoms with van der Waals surface area (Å²) in [7, 11) is 0. The Kier molecular flexibility index (Phi) is 6.98. The predicted molar refractivity (Wildman–Crippen MR) is 121 cm³/mol. The first-order chi connectivity index (χ1) is 15.2. The molecule has 1 heterocycles. The van der Waals surface area contributed by atoms with Gasteiger partial charge >= 0.3 is 17.7 Å². The maximum atomic E-state index is 12.9. The van der Waals surface area contributed by atoms with Crippen LogP contribution in [0.2, 0.25) is 0 Å². The first-order valence-electron chi connectivity index (χ1n) is 10.4. The second kappa shape index (κ2) is 9.68. The van der Waals surface area contributed by atoms with Gasteiger partial charge in [-0.3, -0.25) is 0 Å². The average Bonchev–Trinajstić information content (AvgIpc) is 2.77. The van der Waals surface area contributed by atoms with Crippen LogP contribution in [-0.4, -0.2) is 18.1 Å². The van der Waals surface area contributed by atoms with E-state index in [1.54, 1.807) is 39.8 Å². The Bertz CT molecular complexity index is 1200. The van der Waals surface area contributed by atoms with Crippen molar-refractivity contribution in [1.29, 1.82) is 0 Å². The molecular weight excluding hydrogens is 410 g/mol. The Morgan fingerprint density at radius 2 is 1.66 bits per heavy atom. The predicted octanol–water partition coefficient (Wildman–Crippen LogP) is 4.57.